The van der Waals surface area contributed by atoms with Gasteiger partial charge in [-0.3, -0.25) is 9.69 Å². The fraction of sp³-hybridized carbons (Fsp3) is 0.917. The normalized spacial score (nSPS) is 19.6. The third-order valence-electron chi connectivity index (χ3n) is 3.17. The van der Waals surface area contributed by atoms with Gasteiger partial charge in [0, 0.05) is 45.2 Å². The van der Waals surface area contributed by atoms with Crippen LogP contribution in [0, 0.1) is 0 Å². The van der Waals surface area contributed by atoms with E-state index in [2.05, 4.69) is 23.6 Å². The van der Waals surface area contributed by atoms with Gasteiger partial charge in [-0.15, -0.1) is 0 Å². The Bertz CT molecular complexity index is 228. The Morgan fingerprint density at radius 2 is 1.94 bits per heavy atom. The van der Waals surface area contributed by atoms with Gasteiger partial charge in [0.2, 0.25) is 5.91 Å². The topological polar surface area (TPSA) is 26.8 Å². The maximum absolute atomic E-state index is 11.9. The zero-order valence-electron chi connectivity index (χ0n) is 11.1. The molecule has 0 aromatic carbocycles. The van der Waals surface area contributed by atoms with E-state index in [0.29, 0.717) is 18.4 Å². The molecule has 0 aliphatic carbocycles. The van der Waals surface area contributed by atoms with Gasteiger partial charge >= 0.3 is 0 Å². The van der Waals surface area contributed by atoms with Gasteiger partial charge in [0.1, 0.15) is 0 Å². The molecule has 1 heterocycles. The third kappa shape index (κ3) is 4.10. The van der Waals surface area contributed by atoms with Crippen molar-refractivity contribution < 1.29 is 4.79 Å². The van der Waals surface area contributed by atoms with Crippen LogP contribution in [0.3, 0.4) is 0 Å². The highest BCUT2D eigenvalue weighted by Gasteiger charge is 2.21. The lowest BCUT2D eigenvalue weighted by molar-refractivity contribution is -0.130. The lowest BCUT2D eigenvalue weighted by atomic mass is 10.3. The first-order valence-electron chi connectivity index (χ1n) is 6.17. The lowest BCUT2D eigenvalue weighted by Gasteiger charge is -2.25. The Labute approximate surface area is 99.2 Å². The molecule has 0 spiro atoms. The third-order valence-corrected chi connectivity index (χ3v) is 3.17. The second-order valence-electron chi connectivity index (χ2n) is 5.06. The van der Waals surface area contributed by atoms with E-state index < -0.39 is 0 Å². The smallest absolute Gasteiger partial charge is 0.223 e. The summed E-state index contributed by atoms with van der Waals surface area (Å²) >= 11 is 0. The van der Waals surface area contributed by atoms with E-state index in [1.165, 1.54) is 0 Å². The number of amides is 1. The number of hydrogen-bond donors (Lipinski definition) is 0. The van der Waals surface area contributed by atoms with Crippen LogP contribution in [0.1, 0.15) is 20.3 Å². The average Bonchev–Trinajstić information content (AvgIpc) is 2.37. The molecule has 0 N–H and O–H groups in total. The van der Waals surface area contributed by atoms with Crippen LogP contribution >= 0.6 is 0 Å². The van der Waals surface area contributed by atoms with Gasteiger partial charge in [0.05, 0.1) is 0 Å². The maximum atomic E-state index is 11.9. The highest BCUT2D eigenvalue weighted by molar-refractivity contribution is 5.76. The Morgan fingerprint density at radius 3 is 2.50 bits per heavy atom. The van der Waals surface area contributed by atoms with Crippen molar-refractivity contribution in [1.29, 1.82) is 0 Å². The van der Waals surface area contributed by atoms with Gasteiger partial charge in [0.15, 0.2) is 0 Å². The van der Waals surface area contributed by atoms with Gasteiger partial charge in [-0.25, -0.2) is 0 Å². The van der Waals surface area contributed by atoms with E-state index in [4.69, 9.17) is 0 Å². The van der Waals surface area contributed by atoms with Gasteiger partial charge in [0.25, 0.3) is 0 Å². The molecule has 1 aliphatic heterocycles. The quantitative estimate of drug-likeness (QED) is 0.699. The highest BCUT2D eigenvalue weighted by Crippen LogP contribution is 2.07. The molecule has 1 fully saturated rings. The average molecular weight is 227 g/mol. The minimum atomic E-state index is 0.310. The van der Waals surface area contributed by atoms with Crippen LogP contribution in [0.5, 0.6) is 0 Å². The predicted octanol–water partition coefficient (Wildman–Crippen LogP) is 0.491. The van der Waals surface area contributed by atoms with Gasteiger partial charge in [-0.1, -0.05) is 0 Å². The first-order chi connectivity index (χ1) is 7.50. The molecule has 0 bridgehead atoms. The van der Waals surface area contributed by atoms with E-state index in [9.17, 15) is 4.79 Å². The zero-order chi connectivity index (χ0) is 12.1. The van der Waals surface area contributed by atoms with Gasteiger partial charge in [-0.2, -0.15) is 0 Å². The van der Waals surface area contributed by atoms with Crippen molar-refractivity contribution in [3.8, 4) is 0 Å². The van der Waals surface area contributed by atoms with Crippen LogP contribution in [-0.4, -0.2) is 73.5 Å². The summed E-state index contributed by atoms with van der Waals surface area (Å²) in [5.41, 5.74) is 0. The second kappa shape index (κ2) is 6.21. The fourth-order valence-electron chi connectivity index (χ4n) is 1.96. The molecule has 1 saturated heterocycles. The van der Waals surface area contributed by atoms with E-state index >= 15 is 0 Å². The van der Waals surface area contributed by atoms with E-state index in [1.807, 2.05) is 19.0 Å². The van der Waals surface area contributed by atoms with Crippen molar-refractivity contribution in [1.82, 2.24) is 14.7 Å². The monoisotopic (exact) mass is 227 g/mol. The van der Waals surface area contributed by atoms with Crippen LogP contribution in [-0.2, 0) is 4.79 Å². The minimum absolute atomic E-state index is 0.310. The molecule has 0 aromatic heterocycles. The second-order valence-corrected chi connectivity index (χ2v) is 5.06. The Balaban J connectivity index is 2.44. The zero-order valence-corrected chi connectivity index (χ0v) is 11.1. The van der Waals surface area contributed by atoms with Crippen molar-refractivity contribution in [3.05, 3.63) is 0 Å². The molecular weight excluding hydrogens is 202 g/mol. The largest absolute Gasteiger partial charge is 0.340 e. The summed E-state index contributed by atoms with van der Waals surface area (Å²) in [4.78, 5) is 18.4. The molecule has 94 valence electrons. The van der Waals surface area contributed by atoms with E-state index in [-0.39, 0.29) is 0 Å². The van der Waals surface area contributed by atoms with Crippen molar-refractivity contribution in [2.75, 3.05) is 46.8 Å². The molecule has 1 amide bonds. The molecule has 4 heteroatoms. The lowest BCUT2D eigenvalue weighted by Crippen LogP contribution is -2.38. The summed E-state index contributed by atoms with van der Waals surface area (Å²) in [5.74, 6) is 0.310. The number of likely N-dealkylation sites (N-methyl/N-ethyl adjacent to an activating group) is 1. The summed E-state index contributed by atoms with van der Waals surface area (Å²) in [6.45, 7) is 9.00. The highest BCUT2D eigenvalue weighted by atomic mass is 16.2. The maximum Gasteiger partial charge on any atom is 0.223 e. The standard InChI is InChI=1S/C12H25N3O/c1-11(2)14-6-5-12(16)15(10-9-14)8-7-13(3)4/h11H,5-10H2,1-4H3. The first kappa shape index (κ1) is 13.5. The van der Waals surface area contributed by atoms with Crippen molar-refractivity contribution >= 4 is 5.91 Å². The molecule has 0 aromatic rings. The van der Waals surface area contributed by atoms with Gasteiger partial charge < -0.3 is 9.80 Å². The molecule has 16 heavy (non-hydrogen) atoms. The van der Waals surface area contributed by atoms with Crippen molar-refractivity contribution in [2.24, 2.45) is 0 Å². The summed E-state index contributed by atoms with van der Waals surface area (Å²) in [6.07, 6.45) is 0.672. The number of rotatable bonds is 4. The van der Waals surface area contributed by atoms with Crippen molar-refractivity contribution in [2.45, 2.75) is 26.3 Å². The van der Waals surface area contributed by atoms with Crippen LogP contribution < -0.4 is 0 Å². The minimum Gasteiger partial charge on any atom is -0.340 e. The molecule has 0 radical (unpaired) electrons. The molecule has 0 saturated carbocycles. The molecular formula is C12H25N3O. The number of carbonyl (C=O) groups is 1. The fourth-order valence-corrected chi connectivity index (χ4v) is 1.96. The number of nitrogens with zero attached hydrogens (tertiary/aromatic N) is 3. The first-order valence-corrected chi connectivity index (χ1v) is 6.17. The molecule has 1 aliphatic rings. The molecule has 4 nitrogen and oxygen atoms in total. The number of carbonyl (C=O) groups excluding carboxylic acids is 1. The Hall–Kier alpha value is -0.610. The molecule has 0 atom stereocenters. The van der Waals surface area contributed by atoms with E-state index in [1.54, 1.807) is 0 Å². The Morgan fingerprint density at radius 1 is 1.25 bits per heavy atom. The predicted molar refractivity (Wildman–Crippen MR) is 66.5 cm³/mol. The molecule has 0 unspecified atom stereocenters. The van der Waals surface area contributed by atoms with Crippen LogP contribution in [0.4, 0.5) is 0 Å². The number of hydrogen-bond acceptors (Lipinski definition) is 3. The van der Waals surface area contributed by atoms with Crippen LogP contribution in [0.2, 0.25) is 0 Å². The van der Waals surface area contributed by atoms with Crippen LogP contribution in [0.25, 0.3) is 0 Å². The SMILES string of the molecule is CC(C)N1CCC(=O)N(CCN(C)C)CC1. The van der Waals surface area contributed by atoms with Gasteiger partial charge in [-0.05, 0) is 27.9 Å². The summed E-state index contributed by atoms with van der Waals surface area (Å²) in [6, 6.07) is 0.543. The summed E-state index contributed by atoms with van der Waals surface area (Å²) < 4.78 is 0. The summed E-state index contributed by atoms with van der Waals surface area (Å²) in [5, 5.41) is 0. The molecule has 1 rings (SSSR count). The van der Waals surface area contributed by atoms with E-state index in [0.717, 1.165) is 32.7 Å². The van der Waals surface area contributed by atoms with Crippen molar-refractivity contribution in [3.63, 3.8) is 0 Å². The summed E-state index contributed by atoms with van der Waals surface area (Å²) in [7, 11) is 4.09. The Kier molecular flexibility index (Phi) is 5.22. The van der Waals surface area contributed by atoms with Crippen LogP contribution in [0.15, 0.2) is 0 Å².